The first-order chi connectivity index (χ1) is 9.70. The molecule has 0 unspecified atom stereocenters. The fourth-order valence-corrected chi connectivity index (χ4v) is 2.51. The van der Waals surface area contributed by atoms with Crippen molar-refractivity contribution in [3.63, 3.8) is 0 Å². The summed E-state index contributed by atoms with van der Waals surface area (Å²) in [5.41, 5.74) is 2.89. The lowest BCUT2D eigenvalue weighted by atomic mass is 10.0. The highest BCUT2D eigenvalue weighted by molar-refractivity contribution is 6.34. The van der Waals surface area contributed by atoms with Crippen molar-refractivity contribution in [2.45, 2.75) is 6.92 Å². The van der Waals surface area contributed by atoms with Crippen LogP contribution in [0.3, 0.4) is 0 Å². The fourth-order valence-electron chi connectivity index (χ4n) is 2.31. The van der Waals surface area contributed by atoms with E-state index in [2.05, 4.69) is 10.2 Å². The van der Waals surface area contributed by atoms with Crippen LogP contribution in [-0.4, -0.2) is 17.3 Å². The zero-order valence-corrected chi connectivity index (χ0v) is 12.0. The van der Waals surface area contributed by atoms with E-state index in [1.807, 2.05) is 49.4 Å². The number of benzene rings is 2. The summed E-state index contributed by atoms with van der Waals surface area (Å²) < 4.78 is 5.29. The number of halogens is 1. The topological polar surface area (TPSA) is 35.0 Å². The van der Waals surface area contributed by atoms with Crippen molar-refractivity contribution < 1.29 is 4.74 Å². The lowest BCUT2D eigenvalue weighted by Crippen LogP contribution is -1.93. The van der Waals surface area contributed by atoms with Gasteiger partial charge in [-0.05, 0) is 30.7 Å². The molecule has 0 aliphatic heterocycles. The van der Waals surface area contributed by atoms with Crippen molar-refractivity contribution in [3.8, 4) is 17.0 Å². The Labute approximate surface area is 122 Å². The fraction of sp³-hybridized carbons (Fsp3) is 0.125. The molecule has 0 atom stereocenters. The lowest BCUT2D eigenvalue weighted by Gasteiger charge is -2.09. The first kappa shape index (κ1) is 12.9. The van der Waals surface area contributed by atoms with E-state index in [0.717, 1.165) is 33.3 Å². The molecule has 0 aliphatic carbocycles. The largest absolute Gasteiger partial charge is 0.496 e. The second kappa shape index (κ2) is 5.10. The van der Waals surface area contributed by atoms with Crippen molar-refractivity contribution in [1.82, 2.24) is 10.2 Å². The number of rotatable bonds is 2. The van der Waals surface area contributed by atoms with Crippen LogP contribution in [0.4, 0.5) is 0 Å². The molecule has 0 bridgehead atoms. The van der Waals surface area contributed by atoms with E-state index in [9.17, 15) is 0 Å². The Kier molecular flexibility index (Phi) is 3.28. The molecule has 100 valence electrons. The number of methoxy groups -OCH3 is 1. The smallest absolute Gasteiger partial charge is 0.159 e. The summed E-state index contributed by atoms with van der Waals surface area (Å²) in [5, 5.41) is 10.6. The Morgan fingerprint density at radius 3 is 2.45 bits per heavy atom. The Hall–Kier alpha value is -2.13. The van der Waals surface area contributed by atoms with Crippen LogP contribution < -0.4 is 4.74 Å². The van der Waals surface area contributed by atoms with Gasteiger partial charge in [0.25, 0.3) is 0 Å². The third-order valence-corrected chi connectivity index (χ3v) is 3.59. The third-order valence-electron chi connectivity index (χ3n) is 3.31. The predicted molar refractivity (Wildman–Crippen MR) is 81.3 cm³/mol. The first-order valence-corrected chi connectivity index (χ1v) is 6.64. The van der Waals surface area contributed by atoms with Crippen LogP contribution in [0.15, 0.2) is 42.5 Å². The lowest BCUT2D eigenvalue weighted by molar-refractivity contribution is 0.412. The molecule has 20 heavy (non-hydrogen) atoms. The molecule has 4 heteroatoms. The van der Waals surface area contributed by atoms with E-state index in [-0.39, 0.29) is 0 Å². The maximum atomic E-state index is 6.10. The molecule has 0 aliphatic rings. The van der Waals surface area contributed by atoms with E-state index >= 15 is 0 Å². The van der Waals surface area contributed by atoms with Crippen LogP contribution in [0.5, 0.6) is 5.75 Å². The van der Waals surface area contributed by atoms with Gasteiger partial charge in [-0.15, -0.1) is 10.2 Å². The number of aryl methyl sites for hydroxylation is 1. The average molecular weight is 285 g/mol. The highest BCUT2D eigenvalue weighted by Gasteiger charge is 2.10. The highest BCUT2D eigenvalue weighted by Crippen LogP contribution is 2.31. The van der Waals surface area contributed by atoms with Crippen LogP contribution in [-0.2, 0) is 0 Å². The van der Waals surface area contributed by atoms with Gasteiger partial charge in [0.05, 0.1) is 7.11 Å². The zero-order chi connectivity index (χ0) is 14.1. The van der Waals surface area contributed by atoms with Gasteiger partial charge in [-0.1, -0.05) is 35.9 Å². The number of hydrogen-bond donors (Lipinski definition) is 0. The molecule has 0 saturated heterocycles. The molecule has 3 nitrogen and oxygen atoms in total. The Morgan fingerprint density at radius 2 is 1.75 bits per heavy atom. The van der Waals surface area contributed by atoms with E-state index in [4.69, 9.17) is 16.3 Å². The summed E-state index contributed by atoms with van der Waals surface area (Å²) in [5.74, 6) is 0.861. The van der Waals surface area contributed by atoms with Crippen LogP contribution in [0.25, 0.3) is 22.0 Å². The van der Waals surface area contributed by atoms with Crippen molar-refractivity contribution in [3.05, 3.63) is 53.2 Å². The van der Waals surface area contributed by atoms with Gasteiger partial charge in [-0.2, -0.15) is 0 Å². The van der Waals surface area contributed by atoms with Crippen LogP contribution in [0, 0.1) is 6.92 Å². The number of nitrogens with zero attached hydrogens (tertiary/aromatic N) is 2. The van der Waals surface area contributed by atoms with E-state index in [0.29, 0.717) is 5.15 Å². The van der Waals surface area contributed by atoms with Gasteiger partial charge in [-0.25, -0.2) is 0 Å². The molecule has 0 N–H and O–H groups in total. The minimum atomic E-state index is 0.426. The summed E-state index contributed by atoms with van der Waals surface area (Å²) in [7, 11) is 1.67. The highest BCUT2D eigenvalue weighted by atomic mass is 35.5. The Morgan fingerprint density at radius 1 is 1.00 bits per heavy atom. The van der Waals surface area contributed by atoms with Crippen LogP contribution >= 0.6 is 11.6 Å². The molecule has 0 fully saturated rings. The molecule has 0 saturated carbocycles. The standard InChI is InChI=1S/C16H13ClN2O/c1-10-9-11(7-8-14(10)20-2)15-12-5-3-4-6-13(12)16(17)19-18-15/h3-9H,1-2H3. The second-order valence-corrected chi connectivity index (χ2v) is 4.93. The van der Waals surface area contributed by atoms with Gasteiger partial charge < -0.3 is 4.74 Å². The summed E-state index contributed by atoms with van der Waals surface area (Å²) >= 11 is 6.10. The quantitative estimate of drug-likeness (QED) is 0.705. The van der Waals surface area contributed by atoms with E-state index in [1.54, 1.807) is 7.11 Å². The van der Waals surface area contributed by atoms with E-state index in [1.165, 1.54) is 0 Å². The van der Waals surface area contributed by atoms with Gasteiger partial charge in [0, 0.05) is 16.3 Å². The molecule has 0 spiro atoms. The minimum Gasteiger partial charge on any atom is -0.496 e. The number of fused-ring (bicyclic) bond motifs is 1. The first-order valence-electron chi connectivity index (χ1n) is 6.26. The third kappa shape index (κ3) is 2.10. The minimum absolute atomic E-state index is 0.426. The molecule has 0 radical (unpaired) electrons. The average Bonchev–Trinajstić information content (AvgIpc) is 2.48. The van der Waals surface area contributed by atoms with Gasteiger partial charge >= 0.3 is 0 Å². The SMILES string of the molecule is COc1ccc(-c2nnc(Cl)c3ccccc23)cc1C. The summed E-state index contributed by atoms with van der Waals surface area (Å²) in [6.07, 6.45) is 0. The molecule has 1 aromatic heterocycles. The summed E-state index contributed by atoms with van der Waals surface area (Å²) in [4.78, 5) is 0. The van der Waals surface area contributed by atoms with Gasteiger partial charge in [0.1, 0.15) is 11.4 Å². The maximum absolute atomic E-state index is 6.10. The van der Waals surface area contributed by atoms with Crippen molar-refractivity contribution in [1.29, 1.82) is 0 Å². The molecule has 3 rings (SSSR count). The van der Waals surface area contributed by atoms with Gasteiger partial charge in [0.15, 0.2) is 5.15 Å². The van der Waals surface area contributed by atoms with E-state index < -0.39 is 0 Å². The predicted octanol–water partition coefficient (Wildman–Crippen LogP) is 4.27. The molecule has 0 amide bonds. The second-order valence-electron chi connectivity index (χ2n) is 4.57. The van der Waals surface area contributed by atoms with Gasteiger partial charge in [0.2, 0.25) is 0 Å². The molecular weight excluding hydrogens is 272 g/mol. The molecular formula is C16H13ClN2O. The van der Waals surface area contributed by atoms with Crippen molar-refractivity contribution in [2.75, 3.05) is 7.11 Å². The maximum Gasteiger partial charge on any atom is 0.159 e. The molecule has 1 heterocycles. The van der Waals surface area contributed by atoms with Gasteiger partial charge in [-0.3, -0.25) is 0 Å². The Balaban J connectivity index is 2.25. The number of aromatic nitrogens is 2. The Bertz CT molecular complexity index is 787. The number of hydrogen-bond acceptors (Lipinski definition) is 3. The number of ether oxygens (including phenoxy) is 1. The van der Waals surface area contributed by atoms with Crippen molar-refractivity contribution >= 4 is 22.4 Å². The monoisotopic (exact) mass is 284 g/mol. The van der Waals surface area contributed by atoms with Crippen LogP contribution in [0.2, 0.25) is 5.15 Å². The summed E-state index contributed by atoms with van der Waals surface area (Å²) in [6.45, 7) is 2.01. The molecule has 2 aromatic carbocycles. The van der Waals surface area contributed by atoms with Crippen LogP contribution in [0.1, 0.15) is 5.56 Å². The summed E-state index contributed by atoms with van der Waals surface area (Å²) in [6, 6.07) is 13.8. The molecule has 3 aromatic rings. The van der Waals surface area contributed by atoms with Crippen molar-refractivity contribution in [2.24, 2.45) is 0 Å². The normalized spacial score (nSPS) is 10.8. The zero-order valence-electron chi connectivity index (χ0n) is 11.2.